The first-order valence-corrected chi connectivity index (χ1v) is 6.63. The second-order valence-corrected chi connectivity index (χ2v) is 4.99. The Balaban J connectivity index is 2.53. The summed E-state index contributed by atoms with van der Waals surface area (Å²) >= 11 is 0. The Morgan fingerprint density at radius 3 is 2.57 bits per heavy atom. The van der Waals surface area contributed by atoms with Crippen LogP contribution in [0.4, 0.5) is 0 Å². The van der Waals surface area contributed by atoms with Crippen molar-refractivity contribution in [1.82, 2.24) is 9.88 Å². The van der Waals surface area contributed by atoms with Gasteiger partial charge < -0.3 is 19.4 Å². The molecule has 1 aliphatic heterocycles. The van der Waals surface area contributed by atoms with Gasteiger partial charge in [0.1, 0.15) is 5.75 Å². The molecule has 0 spiro atoms. The van der Waals surface area contributed by atoms with E-state index in [1.165, 1.54) is 26.5 Å². The largest absolute Gasteiger partial charge is 0.496 e. The van der Waals surface area contributed by atoms with E-state index in [2.05, 4.69) is 4.98 Å². The number of rotatable bonds is 2. The highest BCUT2D eigenvalue weighted by molar-refractivity contribution is 6.07. The number of hydrogen-bond donors (Lipinski definition) is 1. The molecule has 6 nitrogen and oxygen atoms in total. The molecule has 1 aliphatic rings. The zero-order valence-corrected chi connectivity index (χ0v) is 12.1. The summed E-state index contributed by atoms with van der Waals surface area (Å²) in [6, 6.07) is 1.44. The first kappa shape index (κ1) is 13.5. The highest BCUT2D eigenvalue weighted by Gasteiger charge is 2.31. The van der Waals surface area contributed by atoms with Gasteiger partial charge in [0, 0.05) is 31.4 Å². The molecule has 0 atom stereocenters. The summed E-state index contributed by atoms with van der Waals surface area (Å²) in [4.78, 5) is 29.3. The van der Waals surface area contributed by atoms with Gasteiger partial charge in [-0.2, -0.15) is 0 Å². The molecule has 0 fully saturated rings. The van der Waals surface area contributed by atoms with Crippen LogP contribution in [0.15, 0.2) is 17.1 Å². The van der Waals surface area contributed by atoms with Crippen LogP contribution in [-0.2, 0) is 6.42 Å². The lowest BCUT2D eigenvalue weighted by molar-refractivity contribution is 0.0776. The van der Waals surface area contributed by atoms with Gasteiger partial charge >= 0.3 is 0 Å². The number of carbonyl (C=O) groups excluding carboxylic acids is 1. The highest BCUT2D eigenvalue weighted by atomic mass is 16.5. The number of nitrogens with one attached hydrogen (secondary N) is 1. The van der Waals surface area contributed by atoms with Gasteiger partial charge in [-0.1, -0.05) is 0 Å². The number of benzene rings is 1. The topological polar surface area (TPSA) is 71.6 Å². The SMILES string of the molecule is COc1c2c(c(OC)c3c(=O)cc[nH]c13)CCN(C)C2=O. The maximum absolute atomic E-state index is 12.5. The van der Waals surface area contributed by atoms with E-state index >= 15 is 0 Å². The number of H-pyrrole nitrogens is 1. The molecule has 21 heavy (non-hydrogen) atoms. The molecule has 2 aromatic rings. The number of hydrogen-bond acceptors (Lipinski definition) is 4. The zero-order valence-electron chi connectivity index (χ0n) is 12.1. The summed E-state index contributed by atoms with van der Waals surface area (Å²) in [5.41, 5.74) is 1.54. The number of aromatic amines is 1. The van der Waals surface area contributed by atoms with E-state index < -0.39 is 0 Å². The highest BCUT2D eigenvalue weighted by Crippen LogP contribution is 2.40. The number of nitrogens with zero attached hydrogens (tertiary/aromatic N) is 1. The molecule has 3 rings (SSSR count). The number of aromatic nitrogens is 1. The molecule has 1 N–H and O–H groups in total. The van der Waals surface area contributed by atoms with Crippen molar-refractivity contribution >= 4 is 16.8 Å². The van der Waals surface area contributed by atoms with E-state index in [1.54, 1.807) is 11.9 Å². The van der Waals surface area contributed by atoms with Crippen LogP contribution < -0.4 is 14.9 Å². The van der Waals surface area contributed by atoms with Gasteiger partial charge in [0.15, 0.2) is 11.2 Å². The Kier molecular flexibility index (Phi) is 3.08. The monoisotopic (exact) mass is 288 g/mol. The van der Waals surface area contributed by atoms with Crippen LogP contribution in [0.1, 0.15) is 15.9 Å². The molecular formula is C15H16N2O4. The molecule has 0 saturated carbocycles. The van der Waals surface area contributed by atoms with Crippen LogP contribution in [0.2, 0.25) is 0 Å². The Labute approximate surface area is 121 Å². The first-order chi connectivity index (χ1) is 10.1. The summed E-state index contributed by atoms with van der Waals surface area (Å²) in [7, 11) is 4.75. The molecule has 0 bridgehead atoms. The molecule has 1 aromatic carbocycles. The average molecular weight is 288 g/mol. The van der Waals surface area contributed by atoms with Gasteiger partial charge in [-0.25, -0.2) is 0 Å². The molecule has 0 saturated heterocycles. The molecule has 0 aliphatic carbocycles. The van der Waals surface area contributed by atoms with E-state index in [4.69, 9.17) is 9.47 Å². The van der Waals surface area contributed by atoms with Gasteiger partial charge in [-0.15, -0.1) is 0 Å². The van der Waals surface area contributed by atoms with Crippen molar-refractivity contribution in [2.75, 3.05) is 27.8 Å². The minimum atomic E-state index is -0.159. The van der Waals surface area contributed by atoms with Crippen molar-refractivity contribution in [1.29, 1.82) is 0 Å². The third-order valence-electron chi connectivity index (χ3n) is 3.88. The van der Waals surface area contributed by atoms with E-state index in [1.807, 2.05) is 0 Å². The number of methoxy groups -OCH3 is 2. The summed E-state index contributed by atoms with van der Waals surface area (Å²) < 4.78 is 10.9. The fourth-order valence-corrected chi connectivity index (χ4v) is 2.88. The molecule has 110 valence electrons. The number of likely N-dealkylation sites (N-methyl/N-ethyl adjacent to an activating group) is 1. The maximum Gasteiger partial charge on any atom is 0.257 e. The van der Waals surface area contributed by atoms with Gasteiger partial charge in [-0.3, -0.25) is 9.59 Å². The molecule has 0 unspecified atom stereocenters. The fourth-order valence-electron chi connectivity index (χ4n) is 2.88. The predicted molar refractivity (Wildman–Crippen MR) is 78.3 cm³/mol. The quantitative estimate of drug-likeness (QED) is 0.900. The van der Waals surface area contributed by atoms with E-state index in [-0.39, 0.29) is 11.3 Å². The van der Waals surface area contributed by atoms with Crippen LogP contribution in [0.3, 0.4) is 0 Å². The zero-order chi connectivity index (χ0) is 15.1. The van der Waals surface area contributed by atoms with E-state index in [0.717, 1.165) is 5.56 Å². The molecule has 0 radical (unpaired) electrons. The second kappa shape index (κ2) is 4.80. The first-order valence-electron chi connectivity index (χ1n) is 6.63. The van der Waals surface area contributed by atoms with Crippen molar-refractivity contribution in [3.8, 4) is 11.5 Å². The number of fused-ring (bicyclic) bond motifs is 2. The molecule has 2 heterocycles. The van der Waals surface area contributed by atoms with Crippen LogP contribution in [0.25, 0.3) is 10.9 Å². The van der Waals surface area contributed by atoms with Crippen molar-refractivity contribution in [2.45, 2.75) is 6.42 Å². The number of carbonyl (C=O) groups is 1. The Hall–Kier alpha value is -2.50. The number of amides is 1. The van der Waals surface area contributed by atoms with Gasteiger partial charge in [0.25, 0.3) is 5.91 Å². The van der Waals surface area contributed by atoms with Crippen molar-refractivity contribution in [3.63, 3.8) is 0 Å². The third kappa shape index (κ3) is 1.79. The van der Waals surface area contributed by atoms with Crippen LogP contribution in [-0.4, -0.2) is 43.6 Å². The van der Waals surface area contributed by atoms with Crippen molar-refractivity contribution in [2.24, 2.45) is 0 Å². The minimum absolute atomic E-state index is 0.127. The van der Waals surface area contributed by atoms with Gasteiger partial charge in [-0.05, 0) is 6.42 Å². The van der Waals surface area contributed by atoms with E-state index in [0.29, 0.717) is 40.9 Å². The van der Waals surface area contributed by atoms with Crippen LogP contribution in [0.5, 0.6) is 11.5 Å². The second-order valence-electron chi connectivity index (χ2n) is 4.99. The Bertz CT molecular complexity index is 794. The maximum atomic E-state index is 12.5. The standard InChI is InChI=1S/C15H16N2O4/c1-17-7-5-8-10(15(17)19)14(21-3)12-11(13(8)20-2)9(18)4-6-16-12/h4,6H,5,7H2,1-3H3,(H,16,18). The summed E-state index contributed by atoms with van der Waals surface area (Å²) in [6.07, 6.45) is 2.16. The minimum Gasteiger partial charge on any atom is -0.496 e. The smallest absolute Gasteiger partial charge is 0.257 e. The predicted octanol–water partition coefficient (Wildman–Crippen LogP) is 1.17. The molecular weight excluding hydrogens is 272 g/mol. The molecule has 1 amide bonds. The summed E-state index contributed by atoms with van der Waals surface area (Å²) in [6.45, 7) is 0.585. The Morgan fingerprint density at radius 1 is 1.19 bits per heavy atom. The lowest BCUT2D eigenvalue weighted by Crippen LogP contribution is -2.35. The molecule has 6 heteroatoms. The lowest BCUT2D eigenvalue weighted by atomic mass is 9.94. The van der Waals surface area contributed by atoms with Crippen molar-refractivity contribution in [3.05, 3.63) is 33.6 Å². The van der Waals surface area contributed by atoms with E-state index in [9.17, 15) is 9.59 Å². The number of pyridine rings is 1. The Morgan fingerprint density at radius 2 is 1.90 bits per heavy atom. The normalized spacial score (nSPS) is 14.2. The summed E-state index contributed by atoms with van der Waals surface area (Å²) in [5.74, 6) is 0.733. The van der Waals surface area contributed by atoms with Crippen molar-refractivity contribution < 1.29 is 14.3 Å². The number of ether oxygens (including phenoxy) is 2. The van der Waals surface area contributed by atoms with Crippen LogP contribution in [0, 0.1) is 0 Å². The fraction of sp³-hybridized carbons (Fsp3) is 0.333. The lowest BCUT2D eigenvalue weighted by Gasteiger charge is -2.28. The summed E-state index contributed by atoms with van der Waals surface area (Å²) in [5, 5.41) is 0.424. The molecule has 1 aromatic heterocycles. The van der Waals surface area contributed by atoms with Gasteiger partial charge in [0.05, 0.1) is 30.7 Å². The third-order valence-corrected chi connectivity index (χ3v) is 3.88. The average Bonchev–Trinajstić information content (AvgIpc) is 2.49. The van der Waals surface area contributed by atoms with Gasteiger partial charge in [0.2, 0.25) is 0 Å². The van der Waals surface area contributed by atoms with Crippen LogP contribution >= 0.6 is 0 Å².